The van der Waals surface area contributed by atoms with E-state index in [1.54, 1.807) is 0 Å². The Kier molecular flexibility index (Phi) is 3.57. The van der Waals surface area contributed by atoms with Crippen molar-refractivity contribution < 1.29 is 0 Å². The van der Waals surface area contributed by atoms with Crippen molar-refractivity contribution in [3.63, 3.8) is 0 Å². The monoisotopic (exact) mass is 323 g/mol. The van der Waals surface area contributed by atoms with E-state index in [1.165, 1.54) is 32.3 Å². The molecule has 108 valence electrons. The van der Waals surface area contributed by atoms with Crippen LogP contribution < -0.4 is 5.32 Å². The van der Waals surface area contributed by atoms with Gasteiger partial charge in [-0.25, -0.2) is 0 Å². The molecule has 0 spiro atoms. The fraction of sp³-hybridized carbons (Fsp3) is 0.0526. The lowest BCUT2D eigenvalue weighted by Gasteiger charge is -2.23. The largest absolute Gasteiger partial charge is 0.353 e. The zero-order chi connectivity index (χ0) is 14.9. The molecule has 22 heavy (non-hydrogen) atoms. The van der Waals surface area contributed by atoms with Crippen LogP contribution in [0.25, 0.3) is 0 Å². The van der Waals surface area contributed by atoms with Crippen LogP contribution in [0.5, 0.6) is 0 Å². The highest BCUT2D eigenvalue weighted by atomic mass is 35.5. The quantitative estimate of drug-likeness (QED) is 0.475. The Morgan fingerprint density at radius 3 is 2.59 bits per heavy atom. The Morgan fingerprint density at radius 2 is 1.68 bits per heavy atom. The van der Waals surface area contributed by atoms with Gasteiger partial charge in [-0.1, -0.05) is 59.8 Å². The Labute approximate surface area is 139 Å². The van der Waals surface area contributed by atoms with Crippen LogP contribution in [0.3, 0.4) is 0 Å². The first-order valence-electron chi connectivity index (χ1n) is 7.20. The number of halogens is 1. The van der Waals surface area contributed by atoms with Gasteiger partial charge >= 0.3 is 0 Å². The zero-order valence-corrected chi connectivity index (χ0v) is 13.4. The summed E-state index contributed by atoms with van der Waals surface area (Å²) in [5.74, 6) is 0. The number of rotatable bonds is 2. The van der Waals surface area contributed by atoms with E-state index in [0.29, 0.717) is 0 Å². The average Bonchev–Trinajstić information content (AvgIpc) is 2.53. The minimum absolute atomic E-state index is 0.787. The van der Waals surface area contributed by atoms with E-state index in [2.05, 4.69) is 53.8 Å². The number of nitrogens with one attached hydrogen (secondary N) is 1. The van der Waals surface area contributed by atoms with Gasteiger partial charge in [0, 0.05) is 14.8 Å². The summed E-state index contributed by atoms with van der Waals surface area (Å²) in [6, 6.07) is 23.0. The van der Waals surface area contributed by atoms with E-state index in [0.717, 1.165) is 11.4 Å². The van der Waals surface area contributed by atoms with Gasteiger partial charge in [0.05, 0.1) is 11.4 Å². The third-order valence-corrected chi connectivity index (χ3v) is 5.13. The summed E-state index contributed by atoms with van der Waals surface area (Å²) in [4.78, 5) is 2.55. The standard InChI is InChI=1S/C19H14ClNS/c20-15-7-3-5-13(12-15)11-14-6-4-10-18-19(14)21-16-8-1-2-9-17(16)22-18/h1-10,12,21H,11H2. The third-order valence-electron chi connectivity index (χ3n) is 3.76. The van der Waals surface area contributed by atoms with Crippen molar-refractivity contribution >= 4 is 34.7 Å². The van der Waals surface area contributed by atoms with E-state index in [1.807, 2.05) is 30.0 Å². The Balaban J connectivity index is 1.72. The predicted octanol–water partition coefficient (Wildman–Crippen LogP) is 6.14. The molecule has 0 saturated carbocycles. The predicted molar refractivity (Wildman–Crippen MR) is 94.5 cm³/mol. The first-order valence-corrected chi connectivity index (χ1v) is 8.39. The number of benzene rings is 3. The second-order valence-corrected chi connectivity index (χ2v) is 6.84. The summed E-state index contributed by atoms with van der Waals surface area (Å²) in [7, 11) is 0. The molecule has 0 unspecified atom stereocenters. The molecule has 0 saturated heterocycles. The van der Waals surface area contributed by atoms with Crippen LogP contribution in [0.1, 0.15) is 11.1 Å². The summed E-state index contributed by atoms with van der Waals surface area (Å²) >= 11 is 7.92. The lowest BCUT2D eigenvalue weighted by Crippen LogP contribution is -2.03. The van der Waals surface area contributed by atoms with Crippen LogP contribution in [0.2, 0.25) is 5.02 Å². The molecule has 0 radical (unpaired) electrons. The number of hydrogen-bond donors (Lipinski definition) is 1. The molecular formula is C19H14ClNS. The molecule has 0 bridgehead atoms. The number of anilines is 2. The van der Waals surface area contributed by atoms with Crippen molar-refractivity contribution in [2.45, 2.75) is 16.2 Å². The van der Waals surface area contributed by atoms with Gasteiger partial charge in [0.1, 0.15) is 0 Å². The van der Waals surface area contributed by atoms with E-state index < -0.39 is 0 Å². The van der Waals surface area contributed by atoms with Crippen molar-refractivity contribution in [1.29, 1.82) is 0 Å². The van der Waals surface area contributed by atoms with Gasteiger partial charge in [-0.2, -0.15) is 0 Å². The molecule has 3 aromatic rings. The number of fused-ring (bicyclic) bond motifs is 2. The first kappa shape index (κ1) is 13.7. The molecule has 0 aromatic heterocycles. The van der Waals surface area contributed by atoms with Crippen molar-refractivity contribution in [2.75, 3.05) is 5.32 Å². The van der Waals surface area contributed by atoms with E-state index in [4.69, 9.17) is 11.6 Å². The van der Waals surface area contributed by atoms with Gasteiger partial charge in [0.2, 0.25) is 0 Å². The van der Waals surface area contributed by atoms with Gasteiger partial charge in [-0.05, 0) is 47.9 Å². The highest BCUT2D eigenvalue weighted by molar-refractivity contribution is 7.99. The van der Waals surface area contributed by atoms with Crippen molar-refractivity contribution in [1.82, 2.24) is 0 Å². The van der Waals surface area contributed by atoms with Crippen LogP contribution in [0, 0.1) is 0 Å². The van der Waals surface area contributed by atoms with Gasteiger partial charge < -0.3 is 5.32 Å². The second-order valence-electron chi connectivity index (χ2n) is 5.32. The van der Waals surface area contributed by atoms with Gasteiger partial charge in [0.25, 0.3) is 0 Å². The smallest absolute Gasteiger partial charge is 0.0562 e. The second kappa shape index (κ2) is 5.71. The lowest BCUT2D eigenvalue weighted by molar-refractivity contribution is 1.16. The third kappa shape index (κ3) is 2.60. The number of hydrogen-bond acceptors (Lipinski definition) is 2. The van der Waals surface area contributed by atoms with Crippen molar-refractivity contribution in [3.05, 3.63) is 82.9 Å². The number of para-hydroxylation sites is 2. The van der Waals surface area contributed by atoms with Gasteiger partial charge in [-0.15, -0.1) is 0 Å². The maximum Gasteiger partial charge on any atom is 0.0562 e. The highest BCUT2D eigenvalue weighted by Gasteiger charge is 2.17. The topological polar surface area (TPSA) is 12.0 Å². The average molecular weight is 324 g/mol. The zero-order valence-electron chi connectivity index (χ0n) is 11.8. The van der Waals surface area contributed by atoms with Gasteiger partial charge in [-0.3, -0.25) is 0 Å². The molecule has 3 heteroatoms. The summed E-state index contributed by atoms with van der Waals surface area (Å²) < 4.78 is 0. The molecule has 1 N–H and O–H groups in total. The molecule has 1 aliphatic rings. The normalized spacial score (nSPS) is 12.2. The summed E-state index contributed by atoms with van der Waals surface area (Å²) in [5.41, 5.74) is 4.91. The Bertz CT molecular complexity index is 844. The lowest BCUT2D eigenvalue weighted by atomic mass is 10.0. The van der Waals surface area contributed by atoms with Crippen molar-refractivity contribution in [2.24, 2.45) is 0 Å². The molecule has 0 aliphatic carbocycles. The maximum atomic E-state index is 6.10. The molecule has 1 nitrogen and oxygen atoms in total. The van der Waals surface area contributed by atoms with Crippen LogP contribution in [-0.2, 0) is 6.42 Å². The molecule has 3 aromatic carbocycles. The van der Waals surface area contributed by atoms with E-state index in [-0.39, 0.29) is 0 Å². The van der Waals surface area contributed by atoms with Crippen LogP contribution in [-0.4, -0.2) is 0 Å². The Morgan fingerprint density at radius 1 is 0.864 bits per heavy atom. The molecule has 0 fully saturated rings. The van der Waals surface area contributed by atoms with E-state index in [9.17, 15) is 0 Å². The van der Waals surface area contributed by atoms with Crippen LogP contribution in [0.15, 0.2) is 76.5 Å². The van der Waals surface area contributed by atoms with Crippen molar-refractivity contribution in [3.8, 4) is 0 Å². The minimum atomic E-state index is 0.787. The molecule has 0 atom stereocenters. The fourth-order valence-electron chi connectivity index (χ4n) is 2.73. The minimum Gasteiger partial charge on any atom is -0.353 e. The highest BCUT2D eigenvalue weighted by Crippen LogP contribution is 2.45. The van der Waals surface area contributed by atoms with E-state index >= 15 is 0 Å². The van der Waals surface area contributed by atoms with Crippen LogP contribution in [0.4, 0.5) is 11.4 Å². The SMILES string of the molecule is Clc1cccc(Cc2cccc3c2Nc2ccccc2S3)c1. The Hall–Kier alpha value is -1.90. The summed E-state index contributed by atoms with van der Waals surface area (Å²) in [6.45, 7) is 0. The summed E-state index contributed by atoms with van der Waals surface area (Å²) in [6.07, 6.45) is 0.874. The molecule has 0 amide bonds. The summed E-state index contributed by atoms with van der Waals surface area (Å²) in [5, 5.41) is 4.38. The fourth-order valence-corrected chi connectivity index (χ4v) is 3.99. The first-order chi connectivity index (χ1) is 10.8. The molecular weight excluding hydrogens is 310 g/mol. The molecule has 1 heterocycles. The molecule has 4 rings (SSSR count). The maximum absolute atomic E-state index is 6.10. The van der Waals surface area contributed by atoms with Gasteiger partial charge in [0.15, 0.2) is 0 Å². The molecule has 1 aliphatic heterocycles. The van der Waals surface area contributed by atoms with Crippen LogP contribution >= 0.6 is 23.4 Å².